The number of carboxylic acids is 1. The molecule has 0 radical (unpaired) electrons. The first kappa shape index (κ1) is 16.5. The maximum Gasteiger partial charge on any atom is 0.303 e. The van der Waals surface area contributed by atoms with Crippen molar-refractivity contribution in [3.63, 3.8) is 0 Å². The third-order valence-electron chi connectivity index (χ3n) is 3.36. The lowest BCUT2D eigenvalue weighted by molar-refractivity contribution is -0.137. The van der Waals surface area contributed by atoms with Gasteiger partial charge in [-0.3, -0.25) is 9.48 Å². The predicted molar refractivity (Wildman–Crippen MR) is 86.0 cm³/mol. The SMILES string of the molecule is CN(CCCC(=O)O)Cc1cnn(Cc2ccccc2Cl)c1. The Morgan fingerprint density at radius 2 is 2.18 bits per heavy atom. The van der Waals surface area contributed by atoms with Gasteiger partial charge in [0.25, 0.3) is 0 Å². The van der Waals surface area contributed by atoms with Crippen LogP contribution in [0.2, 0.25) is 5.02 Å². The molecule has 1 aromatic carbocycles. The lowest BCUT2D eigenvalue weighted by Crippen LogP contribution is -2.19. The zero-order valence-electron chi connectivity index (χ0n) is 12.6. The van der Waals surface area contributed by atoms with Crippen LogP contribution in [0, 0.1) is 0 Å². The first-order valence-corrected chi connectivity index (χ1v) is 7.57. The van der Waals surface area contributed by atoms with Gasteiger partial charge >= 0.3 is 5.97 Å². The van der Waals surface area contributed by atoms with Gasteiger partial charge in [0.1, 0.15) is 0 Å². The van der Waals surface area contributed by atoms with E-state index in [9.17, 15) is 4.79 Å². The number of carbonyl (C=O) groups is 1. The molecule has 5 nitrogen and oxygen atoms in total. The first-order chi connectivity index (χ1) is 10.5. The minimum atomic E-state index is -0.749. The molecule has 0 spiro atoms. The highest BCUT2D eigenvalue weighted by Gasteiger charge is 2.06. The third kappa shape index (κ3) is 5.16. The Morgan fingerprint density at radius 1 is 1.41 bits per heavy atom. The van der Waals surface area contributed by atoms with E-state index < -0.39 is 5.97 Å². The molecule has 2 rings (SSSR count). The maximum absolute atomic E-state index is 10.5. The fourth-order valence-corrected chi connectivity index (χ4v) is 2.46. The summed E-state index contributed by atoms with van der Waals surface area (Å²) in [5, 5.41) is 13.7. The molecule has 0 aliphatic carbocycles. The molecule has 0 atom stereocenters. The number of aliphatic carboxylic acids is 1. The van der Waals surface area contributed by atoms with E-state index in [0.29, 0.717) is 13.0 Å². The van der Waals surface area contributed by atoms with Crippen molar-refractivity contribution in [2.45, 2.75) is 25.9 Å². The van der Waals surface area contributed by atoms with Crippen molar-refractivity contribution < 1.29 is 9.90 Å². The largest absolute Gasteiger partial charge is 0.481 e. The first-order valence-electron chi connectivity index (χ1n) is 7.19. The number of hydrogen-bond donors (Lipinski definition) is 1. The van der Waals surface area contributed by atoms with Crippen LogP contribution in [-0.2, 0) is 17.9 Å². The average Bonchev–Trinajstić information content (AvgIpc) is 2.88. The van der Waals surface area contributed by atoms with E-state index in [2.05, 4.69) is 10.00 Å². The number of halogens is 1. The summed E-state index contributed by atoms with van der Waals surface area (Å²) in [5.41, 5.74) is 2.14. The molecule has 0 saturated carbocycles. The molecule has 1 heterocycles. The van der Waals surface area contributed by atoms with Gasteiger partial charge in [-0.15, -0.1) is 0 Å². The van der Waals surface area contributed by atoms with Crippen LogP contribution in [-0.4, -0.2) is 39.3 Å². The number of benzene rings is 1. The molecule has 0 saturated heterocycles. The standard InChI is InChI=1S/C16H20ClN3O2/c1-19(8-4-7-16(21)22)10-13-9-18-20(11-13)12-14-5-2-3-6-15(14)17/h2-3,5-6,9,11H,4,7-8,10,12H2,1H3,(H,21,22). The zero-order chi connectivity index (χ0) is 15.9. The summed E-state index contributed by atoms with van der Waals surface area (Å²) in [6.07, 6.45) is 4.69. The van der Waals surface area contributed by atoms with E-state index >= 15 is 0 Å². The molecule has 1 N–H and O–H groups in total. The maximum atomic E-state index is 10.5. The summed E-state index contributed by atoms with van der Waals surface area (Å²) >= 11 is 6.15. The minimum Gasteiger partial charge on any atom is -0.481 e. The molecule has 6 heteroatoms. The lowest BCUT2D eigenvalue weighted by Gasteiger charge is -2.14. The Hall–Kier alpha value is -1.85. The molecule has 2 aromatic rings. The van der Waals surface area contributed by atoms with Crippen LogP contribution in [0.4, 0.5) is 0 Å². The number of nitrogens with zero attached hydrogens (tertiary/aromatic N) is 3. The van der Waals surface area contributed by atoms with Crippen LogP contribution in [0.15, 0.2) is 36.7 Å². The summed E-state index contributed by atoms with van der Waals surface area (Å²) in [6, 6.07) is 7.73. The second-order valence-corrected chi connectivity index (χ2v) is 5.78. The monoisotopic (exact) mass is 321 g/mol. The molecule has 0 amide bonds. The Kier molecular flexibility index (Phi) is 5.98. The smallest absolute Gasteiger partial charge is 0.303 e. The quantitative estimate of drug-likeness (QED) is 0.812. The van der Waals surface area contributed by atoms with Crippen LogP contribution < -0.4 is 0 Å². The highest BCUT2D eigenvalue weighted by molar-refractivity contribution is 6.31. The number of rotatable bonds is 8. The van der Waals surface area contributed by atoms with Crippen LogP contribution in [0.1, 0.15) is 24.0 Å². The van der Waals surface area contributed by atoms with E-state index in [0.717, 1.165) is 29.2 Å². The van der Waals surface area contributed by atoms with Gasteiger partial charge in [-0.2, -0.15) is 5.10 Å². The number of carboxylic acid groups (broad SMARTS) is 1. The molecular formula is C16H20ClN3O2. The summed E-state index contributed by atoms with van der Waals surface area (Å²) in [6.45, 7) is 2.15. The van der Waals surface area contributed by atoms with Crippen molar-refractivity contribution in [3.05, 3.63) is 52.8 Å². The molecular weight excluding hydrogens is 302 g/mol. The lowest BCUT2D eigenvalue weighted by atomic mass is 10.2. The Morgan fingerprint density at radius 3 is 2.91 bits per heavy atom. The van der Waals surface area contributed by atoms with Crippen LogP contribution in [0.3, 0.4) is 0 Å². The van der Waals surface area contributed by atoms with E-state index in [-0.39, 0.29) is 6.42 Å². The highest BCUT2D eigenvalue weighted by atomic mass is 35.5. The zero-order valence-corrected chi connectivity index (χ0v) is 13.3. The highest BCUT2D eigenvalue weighted by Crippen LogP contribution is 2.16. The normalized spacial score (nSPS) is 11.0. The third-order valence-corrected chi connectivity index (χ3v) is 3.73. The van der Waals surface area contributed by atoms with Gasteiger partial charge in [0.05, 0.1) is 12.7 Å². The molecule has 0 aliphatic heterocycles. The van der Waals surface area contributed by atoms with Crippen LogP contribution in [0.25, 0.3) is 0 Å². The molecule has 0 bridgehead atoms. The second-order valence-electron chi connectivity index (χ2n) is 5.37. The fraction of sp³-hybridized carbons (Fsp3) is 0.375. The van der Waals surface area contributed by atoms with Gasteiger partial charge in [-0.25, -0.2) is 0 Å². The van der Waals surface area contributed by atoms with E-state index in [1.54, 1.807) is 0 Å². The van der Waals surface area contributed by atoms with Crippen molar-refractivity contribution in [1.82, 2.24) is 14.7 Å². The van der Waals surface area contributed by atoms with Crippen molar-refractivity contribution in [3.8, 4) is 0 Å². The van der Waals surface area contributed by atoms with Gasteiger partial charge < -0.3 is 10.0 Å². The molecule has 0 aliphatic rings. The van der Waals surface area contributed by atoms with E-state index in [4.69, 9.17) is 16.7 Å². The Balaban J connectivity index is 1.86. The molecule has 1 aromatic heterocycles. The molecule has 0 fully saturated rings. The van der Waals surface area contributed by atoms with Crippen molar-refractivity contribution >= 4 is 17.6 Å². The Bertz CT molecular complexity index is 627. The summed E-state index contributed by atoms with van der Waals surface area (Å²) < 4.78 is 1.86. The molecule has 0 unspecified atom stereocenters. The van der Waals surface area contributed by atoms with E-state index in [1.807, 2.05) is 48.4 Å². The van der Waals surface area contributed by atoms with Gasteiger partial charge in [0.2, 0.25) is 0 Å². The van der Waals surface area contributed by atoms with Crippen molar-refractivity contribution in [2.24, 2.45) is 0 Å². The van der Waals surface area contributed by atoms with Crippen LogP contribution in [0.5, 0.6) is 0 Å². The molecule has 118 valence electrons. The van der Waals surface area contributed by atoms with Crippen LogP contribution >= 0.6 is 11.6 Å². The van der Waals surface area contributed by atoms with Gasteiger partial charge in [0.15, 0.2) is 0 Å². The summed E-state index contributed by atoms with van der Waals surface area (Å²) in [5.74, 6) is -0.749. The van der Waals surface area contributed by atoms with Gasteiger partial charge in [-0.05, 0) is 31.6 Å². The van der Waals surface area contributed by atoms with Gasteiger partial charge in [-0.1, -0.05) is 29.8 Å². The minimum absolute atomic E-state index is 0.204. The number of hydrogen-bond acceptors (Lipinski definition) is 3. The topological polar surface area (TPSA) is 58.4 Å². The average molecular weight is 322 g/mol. The van der Waals surface area contributed by atoms with Crippen molar-refractivity contribution in [2.75, 3.05) is 13.6 Å². The van der Waals surface area contributed by atoms with Gasteiger partial charge in [0, 0.05) is 29.7 Å². The Labute approximate surface area is 135 Å². The summed E-state index contributed by atoms with van der Waals surface area (Å²) in [4.78, 5) is 12.6. The number of aromatic nitrogens is 2. The van der Waals surface area contributed by atoms with E-state index in [1.165, 1.54) is 0 Å². The molecule has 22 heavy (non-hydrogen) atoms. The predicted octanol–water partition coefficient (Wildman–Crippen LogP) is 2.88. The summed E-state index contributed by atoms with van der Waals surface area (Å²) in [7, 11) is 1.98. The fourth-order valence-electron chi connectivity index (χ4n) is 2.27. The van der Waals surface area contributed by atoms with Crippen molar-refractivity contribution in [1.29, 1.82) is 0 Å². The second kappa shape index (κ2) is 7.96.